The maximum Gasteiger partial charge on any atom is 0.225 e. The van der Waals surface area contributed by atoms with Crippen molar-refractivity contribution in [2.24, 2.45) is 0 Å². The maximum absolute atomic E-state index is 5.35. The van der Waals surface area contributed by atoms with Gasteiger partial charge >= 0.3 is 0 Å². The highest BCUT2D eigenvalue weighted by Gasteiger charge is 2.13. The van der Waals surface area contributed by atoms with Crippen LogP contribution in [0.2, 0.25) is 0 Å². The highest BCUT2D eigenvalue weighted by Crippen LogP contribution is 2.14. The van der Waals surface area contributed by atoms with Crippen LogP contribution in [0.4, 0.5) is 11.8 Å². The predicted molar refractivity (Wildman–Crippen MR) is 94.2 cm³/mol. The first kappa shape index (κ1) is 16.6. The van der Waals surface area contributed by atoms with Crippen molar-refractivity contribution >= 4 is 11.8 Å². The second-order valence-electron chi connectivity index (χ2n) is 5.97. The fourth-order valence-electron chi connectivity index (χ4n) is 2.68. The molecule has 0 aromatic carbocycles. The summed E-state index contributed by atoms with van der Waals surface area (Å²) in [5, 5.41) is 3.43. The molecule has 1 aliphatic rings. The van der Waals surface area contributed by atoms with Crippen LogP contribution in [0.1, 0.15) is 11.1 Å². The molecule has 1 saturated heterocycles. The van der Waals surface area contributed by atoms with Crippen molar-refractivity contribution in [1.29, 1.82) is 0 Å². The van der Waals surface area contributed by atoms with E-state index in [2.05, 4.69) is 31.2 Å². The van der Waals surface area contributed by atoms with Gasteiger partial charge in [0.15, 0.2) is 0 Å². The van der Waals surface area contributed by atoms with Gasteiger partial charge in [0.1, 0.15) is 5.82 Å². The molecule has 1 aliphatic heterocycles. The number of hydrogen-bond donors (Lipinski definition) is 1. The third-order valence-electron chi connectivity index (χ3n) is 3.92. The zero-order chi connectivity index (χ0) is 16.8. The molecule has 0 bridgehead atoms. The average molecular weight is 328 g/mol. The number of rotatable bonds is 6. The zero-order valence-corrected chi connectivity index (χ0v) is 14.3. The number of nitrogens with zero attached hydrogens (tertiary/aromatic N) is 5. The average Bonchev–Trinajstić information content (AvgIpc) is 2.63. The van der Waals surface area contributed by atoms with E-state index < -0.39 is 0 Å². The third kappa shape index (κ3) is 4.18. The molecule has 0 amide bonds. The van der Waals surface area contributed by atoms with Gasteiger partial charge in [-0.15, -0.1) is 0 Å². The Kier molecular flexibility index (Phi) is 5.55. The lowest BCUT2D eigenvalue weighted by molar-refractivity contribution is 0.122. The Balaban J connectivity index is 1.54. The molecule has 0 atom stereocenters. The molecule has 128 valence electrons. The Morgan fingerprint density at radius 1 is 1.12 bits per heavy atom. The first-order valence-corrected chi connectivity index (χ1v) is 8.19. The second-order valence-corrected chi connectivity index (χ2v) is 5.97. The van der Waals surface area contributed by atoms with Crippen molar-refractivity contribution in [3.8, 4) is 0 Å². The minimum absolute atomic E-state index is 0.727. The largest absolute Gasteiger partial charge is 0.378 e. The van der Waals surface area contributed by atoms with Crippen molar-refractivity contribution in [2.45, 2.75) is 13.1 Å². The molecule has 3 rings (SSSR count). The Morgan fingerprint density at radius 3 is 2.58 bits per heavy atom. The quantitative estimate of drug-likeness (QED) is 0.850. The van der Waals surface area contributed by atoms with E-state index in [9.17, 15) is 0 Å². The maximum atomic E-state index is 5.35. The van der Waals surface area contributed by atoms with Gasteiger partial charge in [-0.25, -0.2) is 15.0 Å². The molecule has 0 saturated carbocycles. The van der Waals surface area contributed by atoms with Gasteiger partial charge < -0.3 is 19.9 Å². The smallest absolute Gasteiger partial charge is 0.225 e. The summed E-state index contributed by atoms with van der Waals surface area (Å²) >= 11 is 0. The zero-order valence-electron chi connectivity index (χ0n) is 14.3. The van der Waals surface area contributed by atoms with Crippen LogP contribution in [0.25, 0.3) is 0 Å². The first-order valence-electron chi connectivity index (χ1n) is 8.19. The number of ether oxygens (including phenoxy) is 1. The van der Waals surface area contributed by atoms with Gasteiger partial charge in [-0.05, 0) is 6.07 Å². The summed E-state index contributed by atoms with van der Waals surface area (Å²) in [5.41, 5.74) is 2.25. The minimum atomic E-state index is 0.727. The molecule has 2 aromatic heterocycles. The van der Waals surface area contributed by atoms with Crippen LogP contribution in [-0.4, -0.2) is 55.4 Å². The van der Waals surface area contributed by atoms with E-state index in [-0.39, 0.29) is 0 Å². The minimum Gasteiger partial charge on any atom is -0.378 e. The van der Waals surface area contributed by atoms with Gasteiger partial charge in [0.2, 0.25) is 5.95 Å². The molecule has 1 N–H and O–H groups in total. The summed E-state index contributed by atoms with van der Waals surface area (Å²) in [6.07, 6.45) is 5.60. The van der Waals surface area contributed by atoms with Crippen LogP contribution >= 0.6 is 0 Å². The number of anilines is 2. The lowest BCUT2D eigenvalue weighted by atomic mass is 10.2. The molecule has 24 heavy (non-hydrogen) atoms. The fraction of sp³-hybridized carbons (Fsp3) is 0.471. The Hall–Kier alpha value is -2.25. The molecule has 0 radical (unpaired) electrons. The van der Waals surface area contributed by atoms with Gasteiger partial charge in [-0.1, -0.05) is 6.07 Å². The summed E-state index contributed by atoms with van der Waals surface area (Å²) < 4.78 is 5.35. The van der Waals surface area contributed by atoms with E-state index in [1.54, 1.807) is 0 Å². The Labute approximate surface area is 142 Å². The van der Waals surface area contributed by atoms with Crippen LogP contribution in [0.3, 0.4) is 0 Å². The number of pyridine rings is 1. The summed E-state index contributed by atoms with van der Waals surface area (Å²) in [4.78, 5) is 17.5. The summed E-state index contributed by atoms with van der Waals surface area (Å²) in [7, 11) is 4.01. The summed E-state index contributed by atoms with van der Waals surface area (Å²) in [6, 6.07) is 4.05. The Morgan fingerprint density at radius 2 is 1.88 bits per heavy atom. The molecular formula is C17H24N6O. The standard InChI is InChI=1S/C17H24N6O/c1-22(2)16-15(4-3-5-19-16)13-18-10-14-11-20-17(21-12-14)23-6-8-24-9-7-23/h3-5,11-12,18H,6-10,13H2,1-2H3. The van der Waals surface area contributed by atoms with E-state index in [0.717, 1.165) is 56.7 Å². The normalized spacial score (nSPS) is 14.7. The number of nitrogens with one attached hydrogen (secondary N) is 1. The molecule has 0 aliphatic carbocycles. The SMILES string of the molecule is CN(C)c1ncccc1CNCc1cnc(N2CCOCC2)nc1. The Bertz CT molecular complexity index is 640. The van der Waals surface area contributed by atoms with Crippen molar-refractivity contribution in [1.82, 2.24) is 20.3 Å². The second kappa shape index (κ2) is 8.03. The van der Waals surface area contributed by atoms with Gasteiger partial charge in [-0.3, -0.25) is 0 Å². The van der Waals surface area contributed by atoms with E-state index >= 15 is 0 Å². The van der Waals surface area contributed by atoms with E-state index in [4.69, 9.17) is 4.74 Å². The van der Waals surface area contributed by atoms with Crippen LogP contribution < -0.4 is 15.1 Å². The summed E-state index contributed by atoms with van der Waals surface area (Å²) in [5.74, 6) is 1.77. The van der Waals surface area contributed by atoms with Crippen molar-refractivity contribution < 1.29 is 4.74 Å². The number of morpholine rings is 1. The molecule has 3 heterocycles. The lowest BCUT2D eigenvalue weighted by Crippen LogP contribution is -2.37. The number of hydrogen-bond acceptors (Lipinski definition) is 7. The van der Waals surface area contributed by atoms with Gasteiger partial charge in [0.05, 0.1) is 13.2 Å². The number of aromatic nitrogens is 3. The summed E-state index contributed by atoms with van der Waals surface area (Å²) in [6.45, 7) is 4.67. The predicted octanol–water partition coefficient (Wildman–Crippen LogP) is 1.06. The first-order chi connectivity index (χ1) is 11.7. The molecule has 0 spiro atoms. The van der Waals surface area contributed by atoms with Gasteiger partial charge in [-0.2, -0.15) is 0 Å². The molecule has 7 nitrogen and oxygen atoms in total. The molecule has 1 fully saturated rings. The van der Waals surface area contributed by atoms with Gasteiger partial charge in [0.25, 0.3) is 0 Å². The fourth-order valence-corrected chi connectivity index (χ4v) is 2.68. The van der Waals surface area contributed by atoms with Crippen LogP contribution in [-0.2, 0) is 17.8 Å². The van der Waals surface area contributed by atoms with Crippen LogP contribution in [0.5, 0.6) is 0 Å². The van der Waals surface area contributed by atoms with Crippen LogP contribution in [0, 0.1) is 0 Å². The highest BCUT2D eigenvalue weighted by molar-refractivity contribution is 5.45. The molecule has 0 unspecified atom stereocenters. The van der Waals surface area contributed by atoms with E-state index in [0.29, 0.717) is 0 Å². The van der Waals surface area contributed by atoms with Crippen molar-refractivity contribution in [3.05, 3.63) is 41.9 Å². The van der Waals surface area contributed by atoms with Gasteiger partial charge in [0, 0.05) is 70.0 Å². The monoisotopic (exact) mass is 328 g/mol. The topological polar surface area (TPSA) is 66.4 Å². The third-order valence-corrected chi connectivity index (χ3v) is 3.92. The molecule has 7 heteroatoms. The van der Waals surface area contributed by atoms with Crippen LogP contribution in [0.15, 0.2) is 30.7 Å². The molecule has 2 aromatic rings. The van der Waals surface area contributed by atoms with Crippen molar-refractivity contribution in [2.75, 3.05) is 50.2 Å². The highest BCUT2D eigenvalue weighted by atomic mass is 16.5. The molecular weight excluding hydrogens is 304 g/mol. The van der Waals surface area contributed by atoms with E-state index in [1.165, 1.54) is 5.56 Å². The lowest BCUT2D eigenvalue weighted by Gasteiger charge is -2.26. The van der Waals surface area contributed by atoms with Crippen molar-refractivity contribution in [3.63, 3.8) is 0 Å². The van der Waals surface area contributed by atoms with E-state index in [1.807, 2.05) is 43.7 Å².